The molecule has 1 aliphatic rings. The van der Waals surface area contributed by atoms with Gasteiger partial charge >= 0.3 is 0 Å². The van der Waals surface area contributed by atoms with Gasteiger partial charge in [-0.15, -0.1) is 0 Å². The number of aliphatic hydroxyl groups excluding tert-OH is 1. The van der Waals surface area contributed by atoms with E-state index in [1.165, 1.54) is 4.57 Å². The van der Waals surface area contributed by atoms with Crippen LogP contribution in [0, 0.1) is 17.2 Å². The summed E-state index contributed by atoms with van der Waals surface area (Å²) >= 11 is 3.36. The summed E-state index contributed by atoms with van der Waals surface area (Å²) in [6.45, 7) is 3.15. The molecule has 120 valence electrons. The molecule has 23 heavy (non-hydrogen) atoms. The smallest absolute Gasteiger partial charge is 0.270 e. The van der Waals surface area contributed by atoms with Gasteiger partial charge in [0.05, 0.1) is 17.3 Å². The number of aryl methyl sites for hydroxylation is 1. The number of nitriles is 1. The quantitative estimate of drug-likeness (QED) is 0.767. The van der Waals surface area contributed by atoms with Crippen LogP contribution < -0.4 is 10.5 Å². The lowest BCUT2D eigenvalue weighted by atomic mass is 9.95. The van der Waals surface area contributed by atoms with Crippen LogP contribution in [0.2, 0.25) is 0 Å². The highest BCUT2D eigenvalue weighted by molar-refractivity contribution is 9.10. The summed E-state index contributed by atoms with van der Waals surface area (Å²) in [4.78, 5) is 19.0. The molecule has 3 rings (SSSR count). The average Bonchev–Trinajstić information content (AvgIpc) is 2.53. The van der Waals surface area contributed by atoms with Gasteiger partial charge < -0.3 is 14.6 Å². The van der Waals surface area contributed by atoms with Crippen molar-refractivity contribution in [2.45, 2.75) is 19.4 Å². The van der Waals surface area contributed by atoms with Gasteiger partial charge in [0.25, 0.3) is 5.56 Å². The summed E-state index contributed by atoms with van der Waals surface area (Å²) in [5.41, 5.74) is 1.67. The Hall–Kier alpha value is -1.91. The summed E-state index contributed by atoms with van der Waals surface area (Å²) in [6, 6.07) is 5.64. The van der Waals surface area contributed by atoms with Crippen LogP contribution in [0.4, 0.5) is 5.69 Å². The first-order valence-corrected chi connectivity index (χ1v) is 8.25. The Morgan fingerprint density at radius 2 is 2.22 bits per heavy atom. The second-order valence-corrected chi connectivity index (χ2v) is 6.79. The third kappa shape index (κ3) is 2.62. The van der Waals surface area contributed by atoms with E-state index in [-0.39, 0.29) is 23.1 Å². The largest absolute Gasteiger partial charge is 0.393 e. The van der Waals surface area contributed by atoms with Crippen molar-refractivity contribution in [1.82, 2.24) is 9.55 Å². The lowest BCUT2D eigenvalue weighted by Crippen LogP contribution is -2.43. The van der Waals surface area contributed by atoms with Crippen molar-refractivity contribution in [3.8, 4) is 6.07 Å². The molecule has 0 amide bonds. The predicted octanol–water partition coefficient (Wildman–Crippen LogP) is 1.77. The summed E-state index contributed by atoms with van der Waals surface area (Å²) in [5.74, 6) is 0.0709. The fraction of sp³-hybridized carbons (Fsp3) is 0.438. The van der Waals surface area contributed by atoms with Gasteiger partial charge in [0.15, 0.2) is 0 Å². The second-order valence-electron chi connectivity index (χ2n) is 5.98. The molecule has 0 aliphatic carbocycles. The Morgan fingerprint density at radius 1 is 1.48 bits per heavy atom. The number of fused-ring (bicyclic) bond motifs is 1. The van der Waals surface area contributed by atoms with E-state index in [0.29, 0.717) is 40.8 Å². The number of pyridine rings is 2. The van der Waals surface area contributed by atoms with Gasteiger partial charge in [0.2, 0.25) is 0 Å². The zero-order chi connectivity index (χ0) is 16.7. The van der Waals surface area contributed by atoms with Crippen molar-refractivity contribution in [2.24, 2.45) is 13.0 Å². The van der Waals surface area contributed by atoms with E-state index >= 15 is 0 Å². The van der Waals surface area contributed by atoms with Gasteiger partial charge in [-0.3, -0.25) is 4.79 Å². The molecule has 1 saturated heterocycles. The normalized spacial score (nSPS) is 21.4. The third-order valence-electron chi connectivity index (χ3n) is 4.47. The van der Waals surface area contributed by atoms with Gasteiger partial charge in [-0.05, 0) is 40.4 Å². The first-order chi connectivity index (χ1) is 10.9. The maximum absolute atomic E-state index is 12.5. The van der Waals surface area contributed by atoms with Crippen molar-refractivity contribution >= 4 is 32.7 Å². The number of aromatic nitrogens is 2. The Balaban J connectivity index is 2.30. The Bertz CT molecular complexity index is 871. The van der Waals surface area contributed by atoms with Crippen LogP contribution in [0.3, 0.4) is 0 Å². The molecule has 2 aromatic rings. The lowest BCUT2D eigenvalue weighted by molar-refractivity contribution is 0.0971. The number of halogens is 1. The van der Waals surface area contributed by atoms with E-state index in [2.05, 4.69) is 20.9 Å². The highest BCUT2D eigenvalue weighted by Gasteiger charge is 2.29. The molecule has 3 heterocycles. The fourth-order valence-corrected chi connectivity index (χ4v) is 3.42. The number of hydrogen-bond donors (Lipinski definition) is 1. The van der Waals surface area contributed by atoms with Gasteiger partial charge in [-0.25, -0.2) is 4.98 Å². The van der Waals surface area contributed by atoms with Crippen molar-refractivity contribution in [3.05, 3.63) is 32.7 Å². The number of anilines is 1. The van der Waals surface area contributed by atoms with Crippen LogP contribution in [-0.2, 0) is 7.05 Å². The topological polar surface area (TPSA) is 82.2 Å². The van der Waals surface area contributed by atoms with Crippen LogP contribution in [0.25, 0.3) is 11.0 Å². The molecule has 1 N–H and O–H groups in total. The second kappa shape index (κ2) is 5.95. The molecule has 1 fully saturated rings. The number of nitrogens with zero attached hydrogens (tertiary/aromatic N) is 4. The van der Waals surface area contributed by atoms with Crippen molar-refractivity contribution < 1.29 is 5.11 Å². The van der Waals surface area contributed by atoms with E-state index < -0.39 is 0 Å². The number of rotatable bonds is 1. The molecule has 0 radical (unpaired) electrons. The van der Waals surface area contributed by atoms with E-state index in [1.54, 1.807) is 13.1 Å². The molecule has 0 spiro atoms. The minimum Gasteiger partial charge on any atom is -0.393 e. The van der Waals surface area contributed by atoms with Crippen LogP contribution in [-0.4, -0.2) is 33.9 Å². The molecule has 7 heteroatoms. The summed E-state index contributed by atoms with van der Waals surface area (Å²) in [5, 5.41) is 19.5. The van der Waals surface area contributed by atoms with Crippen molar-refractivity contribution in [2.75, 3.05) is 18.0 Å². The monoisotopic (exact) mass is 376 g/mol. The molecule has 0 unspecified atom stereocenters. The van der Waals surface area contributed by atoms with Gasteiger partial charge in [0.1, 0.15) is 21.8 Å². The van der Waals surface area contributed by atoms with Gasteiger partial charge in [0, 0.05) is 20.1 Å². The molecule has 2 atom stereocenters. The SMILES string of the molecule is C[C@H]1CN(c2c(C#N)c(=O)n(C)c3ccc(Br)nc23)CC[C@H]1O. The summed E-state index contributed by atoms with van der Waals surface area (Å²) < 4.78 is 2.11. The van der Waals surface area contributed by atoms with E-state index in [1.807, 2.05) is 24.0 Å². The standard InChI is InChI=1S/C16H17BrN4O2/c1-9-8-21(6-5-12(9)22)15-10(7-18)16(23)20(2)11-3-4-13(17)19-14(11)15/h3-4,9,12,22H,5-6,8H2,1-2H3/t9-,12+/m0/s1. The number of piperidine rings is 1. The van der Waals surface area contributed by atoms with Crippen molar-refractivity contribution in [3.63, 3.8) is 0 Å². The predicted molar refractivity (Wildman–Crippen MR) is 91.4 cm³/mol. The molecule has 2 aromatic heterocycles. The first-order valence-electron chi connectivity index (χ1n) is 7.46. The van der Waals surface area contributed by atoms with E-state index in [0.717, 1.165) is 0 Å². The summed E-state index contributed by atoms with van der Waals surface area (Å²) in [7, 11) is 1.65. The first kappa shape index (κ1) is 16.0. The van der Waals surface area contributed by atoms with Crippen LogP contribution in [0.5, 0.6) is 0 Å². The minimum absolute atomic E-state index is 0.0709. The highest BCUT2D eigenvalue weighted by Crippen LogP contribution is 2.31. The lowest BCUT2D eigenvalue weighted by Gasteiger charge is -2.36. The maximum atomic E-state index is 12.5. The zero-order valence-electron chi connectivity index (χ0n) is 13.0. The molecule has 0 bridgehead atoms. The third-order valence-corrected chi connectivity index (χ3v) is 4.91. The zero-order valence-corrected chi connectivity index (χ0v) is 14.5. The molecular weight excluding hydrogens is 360 g/mol. The Kier molecular flexibility index (Phi) is 4.13. The fourth-order valence-electron chi connectivity index (χ4n) is 3.11. The number of hydrogen-bond acceptors (Lipinski definition) is 5. The molecule has 6 nitrogen and oxygen atoms in total. The van der Waals surface area contributed by atoms with Crippen molar-refractivity contribution in [1.29, 1.82) is 5.26 Å². The van der Waals surface area contributed by atoms with Gasteiger partial charge in [-0.2, -0.15) is 5.26 Å². The molecule has 0 saturated carbocycles. The summed E-state index contributed by atoms with van der Waals surface area (Å²) in [6.07, 6.45) is 0.255. The van der Waals surface area contributed by atoms with E-state index in [9.17, 15) is 15.2 Å². The highest BCUT2D eigenvalue weighted by atomic mass is 79.9. The Morgan fingerprint density at radius 3 is 2.87 bits per heavy atom. The van der Waals surface area contributed by atoms with Crippen LogP contribution in [0.15, 0.2) is 21.5 Å². The minimum atomic E-state index is -0.353. The van der Waals surface area contributed by atoms with Crippen LogP contribution in [0.1, 0.15) is 18.9 Å². The number of aliphatic hydroxyl groups is 1. The Labute approximate surface area is 142 Å². The van der Waals surface area contributed by atoms with E-state index in [4.69, 9.17) is 0 Å². The van der Waals surface area contributed by atoms with Crippen LogP contribution >= 0.6 is 15.9 Å². The maximum Gasteiger partial charge on any atom is 0.270 e. The average molecular weight is 377 g/mol. The molecule has 0 aromatic carbocycles. The molecule has 1 aliphatic heterocycles. The van der Waals surface area contributed by atoms with Gasteiger partial charge in [-0.1, -0.05) is 6.92 Å². The molecular formula is C16H17BrN4O2.